The molecule has 1 fully saturated rings. The van der Waals surface area contributed by atoms with E-state index in [0.29, 0.717) is 42.6 Å². The van der Waals surface area contributed by atoms with E-state index in [9.17, 15) is 14.0 Å². The monoisotopic (exact) mass is 478 g/mol. The highest BCUT2D eigenvalue weighted by Crippen LogP contribution is 2.27. The molecule has 2 atom stereocenters. The number of aromatic amines is 1. The maximum Gasteiger partial charge on any atom is 0.185 e. The molecule has 1 aromatic heterocycles. The van der Waals surface area contributed by atoms with Crippen LogP contribution in [0.25, 0.3) is 0 Å². The second kappa shape index (κ2) is 13.0. The van der Waals surface area contributed by atoms with Gasteiger partial charge in [-0.15, -0.1) is 0 Å². The Morgan fingerprint density at radius 1 is 1.34 bits per heavy atom. The molecule has 1 unspecified atom stereocenters. The molecule has 1 N–H and O–H groups in total. The molecule has 0 amide bonds. The summed E-state index contributed by atoms with van der Waals surface area (Å²) < 4.78 is 20.3. The first kappa shape index (κ1) is 26.3. The lowest BCUT2D eigenvalue weighted by Crippen LogP contribution is -2.26. The van der Waals surface area contributed by atoms with Crippen LogP contribution in [0.15, 0.2) is 77.9 Å². The lowest BCUT2D eigenvalue weighted by Gasteiger charge is -2.23. The van der Waals surface area contributed by atoms with Crippen LogP contribution in [0.4, 0.5) is 4.39 Å². The molecule has 1 aliphatic carbocycles. The normalized spacial score (nSPS) is 22.7. The number of ether oxygens (including phenoxy) is 1. The van der Waals surface area contributed by atoms with Gasteiger partial charge >= 0.3 is 0 Å². The smallest absolute Gasteiger partial charge is 0.185 e. The molecule has 0 spiro atoms. The summed E-state index contributed by atoms with van der Waals surface area (Å²) in [6, 6.07) is 1.69. The number of ketones is 2. The van der Waals surface area contributed by atoms with Crippen molar-refractivity contribution < 1.29 is 18.7 Å². The fourth-order valence-electron chi connectivity index (χ4n) is 4.46. The van der Waals surface area contributed by atoms with Crippen LogP contribution in [0.3, 0.4) is 0 Å². The second-order valence-corrected chi connectivity index (χ2v) is 9.16. The number of carbonyl (C=O) groups excluding carboxylic acids is 2. The van der Waals surface area contributed by atoms with Crippen LogP contribution in [0.2, 0.25) is 0 Å². The number of Topliss-reactive ketones (excluding diaryl/α,β-unsaturated/α-hetero) is 2. The summed E-state index contributed by atoms with van der Waals surface area (Å²) in [6.45, 7) is 7.81. The van der Waals surface area contributed by atoms with Crippen LogP contribution in [0.5, 0.6) is 0 Å². The number of halogens is 1. The molecular weight excluding hydrogens is 443 g/mol. The average Bonchev–Trinajstić information content (AvgIpc) is 3.22. The van der Waals surface area contributed by atoms with Crippen molar-refractivity contribution in [1.82, 2.24) is 10.2 Å². The number of hydrogen-bond donors (Lipinski definition) is 1. The fraction of sp³-hybridized carbons (Fsp3) is 0.414. The number of nitrogens with one attached hydrogen (secondary N) is 1. The van der Waals surface area contributed by atoms with Crippen LogP contribution in [-0.4, -0.2) is 28.4 Å². The van der Waals surface area contributed by atoms with Gasteiger partial charge in [0, 0.05) is 24.5 Å². The van der Waals surface area contributed by atoms with Crippen LogP contribution in [-0.2, 0) is 16.0 Å². The minimum absolute atomic E-state index is 0.131. The standard InChI is InChI=1S/C29H35FN2O3/c1-4-11-28-21(5-2)12-9-10-15-27(33)23(19-35-28)16-20(3)29(34)26-18-24(31-32-26)17-22-13-7-6-8-14-25(22)30/h4-8,11,14,18,20,23H,1,9-10,12-13,15-17,19H2,2-3H3,(H,31,32)/b21-5-,28-11+/t20?,23-/m0/s1. The highest BCUT2D eigenvalue weighted by Gasteiger charge is 2.28. The molecule has 0 radical (unpaired) electrons. The molecule has 6 heteroatoms. The van der Waals surface area contributed by atoms with E-state index < -0.39 is 5.92 Å². The van der Waals surface area contributed by atoms with Gasteiger partial charge in [0.1, 0.15) is 23.1 Å². The number of nitrogens with zero attached hydrogens (tertiary/aromatic N) is 1. The van der Waals surface area contributed by atoms with E-state index in [4.69, 9.17) is 4.74 Å². The van der Waals surface area contributed by atoms with Gasteiger partial charge in [-0.2, -0.15) is 5.10 Å². The molecule has 5 nitrogen and oxygen atoms in total. The molecule has 1 aromatic rings. The predicted octanol–water partition coefficient (Wildman–Crippen LogP) is 6.69. The van der Waals surface area contributed by atoms with Crippen molar-refractivity contribution in [3.8, 4) is 0 Å². The lowest BCUT2D eigenvalue weighted by molar-refractivity contribution is -0.125. The van der Waals surface area contributed by atoms with E-state index in [-0.39, 0.29) is 29.9 Å². The van der Waals surface area contributed by atoms with Crippen LogP contribution >= 0.6 is 0 Å². The Balaban J connectivity index is 1.67. The van der Waals surface area contributed by atoms with E-state index in [1.807, 2.05) is 38.2 Å². The number of H-pyrrole nitrogens is 1. The summed E-state index contributed by atoms with van der Waals surface area (Å²) in [5.74, 6) is -0.302. The predicted molar refractivity (Wildman–Crippen MR) is 136 cm³/mol. The SMILES string of the molecule is C=C/C=C1/OC[C@H](CC(C)C(=O)c2cc(CC3=C(F)C=CC=CC3)[nH]n2)C(=O)CCCC/C1=C/C. The molecular formula is C29H35FN2O3. The molecule has 0 aromatic carbocycles. The largest absolute Gasteiger partial charge is 0.493 e. The highest BCUT2D eigenvalue weighted by atomic mass is 19.1. The Kier molecular flexibility index (Phi) is 9.76. The highest BCUT2D eigenvalue weighted by molar-refractivity contribution is 5.96. The summed E-state index contributed by atoms with van der Waals surface area (Å²) in [5.41, 5.74) is 2.74. The average molecular weight is 479 g/mol. The Morgan fingerprint density at radius 2 is 2.14 bits per heavy atom. The first-order valence-corrected chi connectivity index (χ1v) is 12.4. The topological polar surface area (TPSA) is 72.1 Å². The van der Waals surface area contributed by atoms with Gasteiger partial charge in [0.05, 0.1) is 12.5 Å². The van der Waals surface area contributed by atoms with E-state index in [2.05, 4.69) is 16.8 Å². The summed E-state index contributed by atoms with van der Waals surface area (Å²) >= 11 is 0. The van der Waals surface area contributed by atoms with Gasteiger partial charge in [0.2, 0.25) is 0 Å². The van der Waals surface area contributed by atoms with Gasteiger partial charge in [-0.05, 0) is 68.4 Å². The Hall–Kier alpha value is -3.28. The minimum atomic E-state index is -0.403. The van der Waals surface area contributed by atoms with E-state index in [1.54, 1.807) is 18.2 Å². The quantitative estimate of drug-likeness (QED) is 0.443. The number of carbonyl (C=O) groups is 2. The zero-order valence-corrected chi connectivity index (χ0v) is 20.7. The van der Waals surface area contributed by atoms with Crippen molar-refractivity contribution in [3.63, 3.8) is 0 Å². The van der Waals surface area contributed by atoms with Crippen molar-refractivity contribution >= 4 is 11.6 Å². The zero-order valence-electron chi connectivity index (χ0n) is 20.7. The summed E-state index contributed by atoms with van der Waals surface area (Å²) in [6.07, 6.45) is 16.7. The maximum atomic E-state index is 14.2. The molecule has 3 rings (SSSR count). The van der Waals surface area contributed by atoms with E-state index in [1.165, 1.54) is 6.08 Å². The minimum Gasteiger partial charge on any atom is -0.493 e. The summed E-state index contributed by atoms with van der Waals surface area (Å²) in [5, 5.41) is 7.05. The van der Waals surface area contributed by atoms with Gasteiger partial charge < -0.3 is 4.74 Å². The lowest BCUT2D eigenvalue weighted by atomic mass is 9.87. The maximum absolute atomic E-state index is 14.2. The zero-order chi connectivity index (χ0) is 25.2. The number of allylic oxidation sites excluding steroid dienone is 10. The van der Waals surface area contributed by atoms with Crippen molar-refractivity contribution in [1.29, 1.82) is 0 Å². The first-order valence-electron chi connectivity index (χ1n) is 12.4. The number of hydrogen-bond acceptors (Lipinski definition) is 4. The Labute approximate surface area is 207 Å². The van der Waals surface area contributed by atoms with Gasteiger partial charge in [0.25, 0.3) is 0 Å². The molecule has 0 bridgehead atoms. The third kappa shape index (κ3) is 7.35. The molecule has 186 valence electrons. The summed E-state index contributed by atoms with van der Waals surface area (Å²) in [7, 11) is 0. The first-order chi connectivity index (χ1) is 16.9. The van der Waals surface area contributed by atoms with Gasteiger partial charge in [-0.3, -0.25) is 14.7 Å². The van der Waals surface area contributed by atoms with E-state index >= 15 is 0 Å². The fourth-order valence-corrected chi connectivity index (χ4v) is 4.46. The molecule has 1 aliphatic heterocycles. The number of rotatable bonds is 7. The van der Waals surface area contributed by atoms with Crippen molar-refractivity contribution in [2.45, 2.75) is 58.8 Å². The van der Waals surface area contributed by atoms with Crippen molar-refractivity contribution in [3.05, 3.63) is 89.3 Å². The van der Waals surface area contributed by atoms with Crippen LogP contribution in [0.1, 0.15) is 68.6 Å². The summed E-state index contributed by atoms with van der Waals surface area (Å²) in [4.78, 5) is 26.0. The molecule has 1 saturated heterocycles. The second-order valence-electron chi connectivity index (χ2n) is 9.16. The van der Waals surface area contributed by atoms with Gasteiger partial charge in [-0.25, -0.2) is 4.39 Å². The third-order valence-corrected chi connectivity index (χ3v) is 6.51. The number of aromatic nitrogens is 2. The molecule has 2 aliphatic rings. The molecule has 0 saturated carbocycles. The van der Waals surface area contributed by atoms with Crippen molar-refractivity contribution in [2.24, 2.45) is 11.8 Å². The van der Waals surface area contributed by atoms with Crippen LogP contribution in [0, 0.1) is 11.8 Å². The van der Waals surface area contributed by atoms with Crippen LogP contribution < -0.4 is 0 Å². The van der Waals surface area contributed by atoms with Crippen molar-refractivity contribution in [2.75, 3.05) is 6.61 Å². The van der Waals surface area contributed by atoms with Gasteiger partial charge in [-0.1, -0.05) is 43.9 Å². The van der Waals surface area contributed by atoms with Gasteiger partial charge in [0.15, 0.2) is 5.78 Å². The van der Waals surface area contributed by atoms with E-state index in [0.717, 1.165) is 30.6 Å². The molecule has 2 heterocycles. The Morgan fingerprint density at radius 3 is 2.91 bits per heavy atom. The Bertz CT molecular complexity index is 1090. The molecule has 35 heavy (non-hydrogen) atoms. The third-order valence-electron chi connectivity index (χ3n) is 6.51.